The fourth-order valence-electron chi connectivity index (χ4n) is 3.58. The molecule has 2 heterocycles. The van der Waals surface area contributed by atoms with Crippen molar-refractivity contribution in [3.63, 3.8) is 0 Å². The van der Waals surface area contributed by atoms with Gasteiger partial charge in [-0.3, -0.25) is 9.59 Å². The normalized spacial score (nSPS) is 33.7. The number of rotatable bonds is 0. The molecule has 2 aliphatic heterocycles. The summed E-state index contributed by atoms with van der Waals surface area (Å²) >= 11 is 0. The van der Waals surface area contributed by atoms with Crippen molar-refractivity contribution in [1.82, 2.24) is 0 Å². The van der Waals surface area contributed by atoms with Gasteiger partial charge in [0.05, 0.1) is 5.69 Å². The lowest BCUT2D eigenvalue weighted by molar-refractivity contribution is -0.156. The van der Waals surface area contributed by atoms with Crippen LogP contribution in [0.4, 0.5) is 10.1 Å². The van der Waals surface area contributed by atoms with Gasteiger partial charge in [-0.05, 0) is 37.1 Å². The Morgan fingerprint density at radius 2 is 2.10 bits per heavy atom. The number of ether oxygens (including phenoxy) is 1. The number of amides is 1. The molecule has 1 fully saturated rings. The van der Waals surface area contributed by atoms with E-state index in [1.807, 2.05) is 0 Å². The third-order valence-corrected chi connectivity index (χ3v) is 4.70. The highest BCUT2D eigenvalue weighted by atomic mass is 19.1. The van der Waals surface area contributed by atoms with E-state index < -0.39 is 17.0 Å². The quantitative estimate of drug-likeness (QED) is 0.686. The Hall–Kier alpha value is -2.01. The number of Topliss-reactive ketones (excluding diaryl/α,β-unsaturated/α-hetero) is 1. The molecule has 2 spiro atoms. The second-order valence-electron chi connectivity index (χ2n) is 5.86. The molecule has 0 radical (unpaired) electrons. The van der Waals surface area contributed by atoms with Crippen LogP contribution in [0.2, 0.25) is 0 Å². The van der Waals surface area contributed by atoms with Gasteiger partial charge in [0, 0.05) is 19.0 Å². The van der Waals surface area contributed by atoms with Gasteiger partial charge in [0.2, 0.25) is 0 Å². The number of halogens is 1. The van der Waals surface area contributed by atoms with Gasteiger partial charge in [0.1, 0.15) is 11.4 Å². The summed E-state index contributed by atoms with van der Waals surface area (Å²) in [6, 6.07) is 4.20. The van der Waals surface area contributed by atoms with Gasteiger partial charge in [-0.1, -0.05) is 6.07 Å². The zero-order chi connectivity index (χ0) is 14.8. The van der Waals surface area contributed by atoms with Gasteiger partial charge < -0.3 is 9.64 Å². The van der Waals surface area contributed by atoms with Crippen LogP contribution in [-0.4, -0.2) is 24.3 Å². The molecule has 0 saturated heterocycles. The first kappa shape index (κ1) is 12.7. The summed E-state index contributed by atoms with van der Waals surface area (Å²) in [7, 11) is 1.59. The van der Waals surface area contributed by atoms with E-state index >= 15 is 0 Å². The average molecular weight is 287 g/mol. The van der Waals surface area contributed by atoms with Gasteiger partial charge in [-0.25, -0.2) is 4.39 Å². The first-order valence-electron chi connectivity index (χ1n) is 7.01. The number of benzene rings is 1. The highest BCUT2D eigenvalue weighted by Crippen LogP contribution is 2.51. The van der Waals surface area contributed by atoms with Crippen molar-refractivity contribution in [1.29, 1.82) is 0 Å². The molecule has 0 aromatic heterocycles. The van der Waals surface area contributed by atoms with Crippen LogP contribution in [0, 0.1) is 5.82 Å². The minimum Gasteiger partial charge on any atom is -0.338 e. The maximum Gasteiger partial charge on any atom is 0.267 e. The summed E-state index contributed by atoms with van der Waals surface area (Å²) in [6.45, 7) is 0. The van der Waals surface area contributed by atoms with Gasteiger partial charge >= 0.3 is 0 Å². The molecule has 5 heteroatoms. The second-order valence-corrected chi connectivity index (χ2v) is 5.86. The third kappa shape index (κ3) is 1.42. The van der Waals surface area contributed by atoms with E-state index in [9.17, 15) is 14.0 Å². The molecule has 4 rings (SSSR count). The molecule has 0 N–H and O–H groups in total. The molecule has 3 aliphatic rings. The van der Waals surface area contributed by atoms with Gasteiger partial charge in [-0.2, -0.15) is 0 Å². The molecule has 1 saturated carbocycles. The van der Waals surface area contributed by atoms with E-state index in [0.717, 1.165) is 6.42 Å². The number of hydrogen-bond donors (Lipinski definition) is 0. The number of hydrogen-bond acceptors (Lipinski definition) is 3. The van der Waals surface area contributed by atoms with Crippen LogP contribution in [-0.2, 0) is 19.9 Å². The molecule has 0 bridgehead atoms. The second kappa shape index (κ2) is 3.80. The summed E-state index contributed by atoms with van der Waals surface area (Å²) in [5.41, 5.74) is -1.17. The SMILES string of the molecule is CN1C(=O)[C@]2(C=CC3(CCCC3=O)O2)c2ccc(F)cc21. The lowest BCUT2D eigenvalue weighted by Crippen LogP contribution is -2.43. The summed E-state index contributed by atoms with van der Waals surface area (Å²) < 4.78 is 19.5. The van der Waals surface area contributed by atoms with E-state index in [1.54, 1.807) is 25.3 Å². The summed E-state index contributed by atoms with van der Waals surface area (Å²) in [5, 5.41) is 0. The Morgan fingerprint density at radius 3 is 2.81 bits per heavy atom. The molecule has 108 valence electrons. The number of likely N-dealkylation sites (N-methyl/N-ethyl adjacent to an activating group) is 1. The number of ketones is 1. The maximum absolute atomic E-state index is 13.4. The van der Waals surface area contributed by atoms with Crippen LogP contribution in [0.1, 0.15) is 24.8 Å². The minimum atomic E-state index is -1.28. The Kier molecular flexibility index (Phi) is 2.30. The van der Waals surface area contributed by atoms with E-state index in [0.29, 0.717) is 24.1 Å². The van der Waals surface area contributed by atoms with Crippen LogP contribution in [0.25, 0.3) is 0 Å². The molecule has 2 atom stereocenters. The highest BCUT2D eigenvalue weighted by Gasteiger charge is 2.59. The van der Waals surface area contributed by atoms with Crippen LogP contribution in [0.15, 0.2) is 30.4 Å². The standard InChI is InChI=1S/C16H14FNO3/c1-18-12-9-10(17)4-5-11(12)16(14(18)20)8-7-15(21-16)6-2-3-13(15)19/h4-5,7-9H,2-3,6H2,1H3/t15?,16-/m0/s1. The summed E-state index contributed by atoms with van der Waals surface area (Å²) in [4.78, 5) is 26.2. The lowest BCUT2D eigenvalue weighted by Gasteiger charge is -2.28. The predicted molar refractivity (Wildman–Crippen MR) is 73.3 cm³/mol. The Labute approximate surface area is 121 Å². The highest BCUT2D eigenvalue weighted by molar-refractivity contribution is 6.09. The van der Waals surface area contributed by atoms with E-state index in [4.69, 9.17) is 4.74 Å². The molecule has 1 amide bonds. The zero-order valence-corrected chi connectivity index (χ0v) is 11.6. The average Bonchev–Trinajstić information content (AvgIpc) is 3.08. The summed E-state index contributed by atoms with van der Waals surface area (Å²) in [5.74, 6) is -0.670. The fraction of sp³-hybridized carbons (Fsp3) is 0.375. The lowest BCUT2D eigenvalue weighted by atomic mass is 9.96. The Balaban J connectivity index is 1.86. The molecule has 1 aliphatic carbocycles. The van der Waals surface area contributed by atoms with Crippen LogP contribution >= 0.6 is 0 Å². The minimum absolute atomic E-state index is 0.0154. The van der Waals surface area contributed by atoms with Crippen LogP contribution < -0.4 is 4.90 Å². The number of nitrogens with zero attached hydrogens (tertiary/aromatic N) is 1. The zero-order valence-electron chi connectivity index (χ0n) is 11.6. The summed E-state index contributed by atoms with van der Waals surface area (Å²) in [6.07, 6.45) is 5.21. The monoisotopic (exact) mass is 287 g/mol. The van der Waals surface area contributed by atoms with Crippen LogP contribution in [0.5, 0.6) is 0 Å². The third-order valence-electron chi connectivity index (χ3n) is 4.70. The largest absolute Gasteiger partial charge is 0.338 e. The van der Waals surface area contributed by atoms with E-state index in [1.165, 1.54) is 17.0 Å². The molecular weight excluding hydrogens is 273 g/mol. The predicted octanol–water partition coefficient (Wildman–Crippen LogP) is 2.08. The van der Waals surface area contributed by atoms with Crippen molar-refractivity contribution >= 4 is 17.4 Å². The van der Waals surface area contributed by atoms with Crippen molar-refractivity contribution < 1.29 is 18.7 Å². The molecule has 1 aromatic rings. The first-order valence-corrected chi connectivity index (χ1v) is 7.01. The van der Waals surface area contributed by atoms with Gasteiger partial charge in [0.25, 0.3) is 5.91 Å². The van der Waals surface area contributed by atoms with Crippen molar-refractivity contribution in [2.75, 3.05) is 11.9 Å². The van der Waals surface area contributed by atoms with Gasteiger partial charge in [-0.15, -0.1) is 0 Å². The Morgan fingerprint density at radius 1 is 1.29 bits per heavy atom. The fourth-order valence-corrected chi connectivity index (χ4v) is 3.58. The molecule has 4 nitrogen and oxygen atoms in total. The number of carbonyl (C=O) groups is 2. The number of carbonyl (C=O) groups excluding carboxylic acids is 2. The van der Waals surface area contributed by atoms with Crippen molar-refractivity contribution in [2.45, 2.75) is 30.5 Å². The first-order chi connectivity index (χ1) is 9.98. The van der Waals surface area contributed by atoms with E-state index in [2.05, 4.69) is 0 Å². The van der Waals surface area contributed by atoms with Crippen molar-refractivity contribution in [3.8, 4) is 0 Å². The molecule has 1 aromatic carbocycles. The maximum atomic E-state index is 13.4. The molecule has 21 heavy (non-hydrogen) atoms. The molecular formula is C16H14FNO3. The Bertz CT molecular complexity index is 713. The van der Waals surface area contributed by atoms with Crippen molar-refractivity contribution in [3.05, 3.63) is 41.7 Å². The number of fused-ring (bicyclic) bond motifs is 2. The number of anilines is 1. The van der Waals surface area contributed by atoms with Gasteiger partial charge in [0.15, 0.2) is 11.4 Å². The molecule has 1 unspecified atom stereocenters. The smallest absolute Gasteiger partial charge is 0.267 e. The topological polar surface area (TPSA) is 46.6 Å². The van der Waals surface area contributed by atoms with Crippen molar-refractivity contribution in [2.24, 2.45) is 0 Å². The van der Waals surface area contributed by atoms with Crippen LogP contribution in [0.3, 0.4) is 0 Å². The van der Waals surface area contributed by atoms with E-state index in [-0.39, 0.29) is 11.7 Å².